The van der Waals surface area contributed by atoms with Crippen molar-refractivity contribution < 1.29 is 4.74 Å². The van der Waals surface area contributed by atoms with Gasteiger partial charge in [0.25, 0.3) is 5.56 Å². The molecule has 1 saturated heterocycles. The smallest absolute Gasteiger partial charge is 0.255 e. The molecule has 7 nitrogen and oxygen atoms in total. The molecule has 0 unspecified atom stereocenters. The number of rotatable bonds is 2. The predicted octanol–water partition coefficient (Wildman–Crippen LogP) is 1.24. The summed E-state index contributed by atoms with van der Waals surface area (Å²) >= 11 is 0. The minimum Gasteiger partial charge on any atom is -0.372 e. The summed E-state index contributed by atoms with van der Waals surface area (Å²) in [5, 5.41) is 0. The minimum atomic E-state index is -0.305. The third-order valence-electron chi connectivity index (χ3n) is 4.49. The van der Waals surface area contributed by atoms with Crippen LogP contribution in [0.3, 0.4) is 0 Å². The molecule has 1 aliphatic rings. The van der Waals surface area contributed by atoms with Crippen LogP contribution in [-0.4, -0.2) is 44.3 Å². The summed E-state index contributed by atoms with van der Waals surface area (Å²) in [6, 6.07) is 3.34. The molecule has 0 spiro atoms. The average molecular weight is 315 g/mol. The van der Waals surface area contributed by atoms with Crippen LogP contribution in [0.15, 0.2) is 29.5 Å². The molecule has 122 valence electrons. The predicted molar refractivity (Wildman–Crippen MR) is 87.3 cm³/mol. The Kier molecular flexibility index (Phi) is 3.89. The van der Waals surface area contributed by atoms with Gasteiger partial charge in [-0.15, -0.1) is 0 Å². The summed E-state index contributed by atoms with van der Waals surface area (Å²) in [4.78, 5) is 27.3. The number of hydrogen-bond acceptors (Lipinski definition) is 6. The Bertz CT molecular complexity index is 757. The van der Waals surface area contributed by atoms with Crippen molar-refractivity contribution in [3.8, 4) is 11.4 Å². The van der Waals surface area contributed by atoms with Gasteiger partial charge in [-0.05, 0) is 26.8 Å². The quantitative estimate of drug-likeness (QED) is 0.830. The van der Waals surface area contributed by atoms with Gasteiger partial charge in [0.2, 0.25) is 5.95 Å². The minimum absolute atomic E-state index is 0.0926. The Hall–Kier alpha value is -2.28. The highest BCUT2D eigenvalue weighted by molar-refractivity contribution is 5.55. The van der Waals surface area contributed by atoms with Gasteiger partial charge in [0, 0.05) is 25.9 Å². The Morgan fingerprint density at radius 3 is 2.83 bits per heavy atom. The first-order valence-electron chi connectivity index (χ1n) is 7.65. The van der Waals surface area contributed by atoms with Gasteiger partial charge in [0.15, 0.2) is 0 Å². The van der Waals surface area contributed by atoms with Crippen LogP contribution in [0.2, 0.25) is 0 Å². The average Bonchev–Trinajstić information content (AvgIpc) is 2.54. The summed E-state index contributed by atoms with van der Waals surface area (Å²) < 4.78 is 7.41. The van der Waals surface area contributed by atoms with E-state index in [9.17, 15) is 4.79 Å². The highest BCUT2D eigenvalue weighted by Gasteiger charge is 2.37. The van der Waals surface area contributed by atoms with E-state index in [1.165, 1.54) is 12.4 Å². The molecular weight excluding hydrogens is 294 g/mol. The molecule has 0 saturated carbocycles. The van der Waals surface area contributed by atoms with Crippen LogP contribution in [0.5, 0.6) is 0 Å². The van der Waals surface area contributed by atoms with E-state index in [1.807, 2.05) is 0 Å². The highest BCUT2D eigenvalue weighted by atomic mass is 16.5. The summed E-state index contributed by atoms with van der Waals surface area (Å²) in [6.07, 6.45) is 3.09. The first-order chi connectivity index (χ1) is 10.9. The van der Waals surface area contributed by atoms with Gasteiger partial charge in [0.05, 0.1) is 29.6 Å². The van der Waals surface area contributed by atoms with E-state index >= 15 is 0 Å². The van der Waals surface area contributed by atoms with Crippen molar-refractivity contribution in [1.82, 2.24) is 19.5 Å². The van der Waals surface area contributed by atoms with Crippen LogP contribution >= 0.6 is 0 Å². The van der Waals surface area contributed by atoms with E-state index in [1.54, 1.807) is 23.9 Å². The van der Waals surface area contributed by atoms with Gasteiger partial charge in [-0.3, -0.25) is 9.36 Å². The van der Waals surface area contributed by atoms with Crippen LogP contribution in [0.1, 0.15) is 20.8 Å². The SMILES string of the molecule is C[C@H]1N(c2nc(-c3ccncn3)cc(=O)n2C)CCOC1(C)C. The van der Waals surface area contributed by atoms with Gasteiger partial charge in [0.1, 0.15) is 6.33 Å². The summed E-state index contributed by atoms with van der Waals surface area (Å²) in [7, 11) is 1.74. The van der Waals surface area contributed by atoms with E-state index < -0.39 is 0 Å². The molecule has 2 aromatic heterocycles. The molecule has 1 aliphatic heterocycles. The Morgan fingerprint density at radius 1 is 1.35 bits per heavy atom. The van der Waals surface area contributed by atoms with Crippen LogP contribution < -0.4 is 10.5 Å². The van der Waals surface area contributed by atoms with E-state index in [0.29, 0.717) is 30.5 Å². The standard InChI is InChI=1S/C16H21N5O2/c1-11-16(2,3)23-8-7-21(11)15-19-13(9-14(22)20(15)4)12-5-6-17-10-18-12/h5-6,9-11H,7-8H2,1-4H3/t11-/m1/s1. The molecule has 3 rings (SSSR count). The zero-order valence-electron chi connectivity index (χ0n) is 13.9. The van der Waals surface area contributed by atoms with Crippen molar-refractivity contribution in [3.63, 3.8) is 0 Å². The third-order valence-corrected chi connectivity index (χ3v) is 4.49. The number of anilines is 1. The molecule has 0 amide bonds. The molecule has 2 aromatic rings. The first kappa shape index (κ1) is 15.6. The van der Waals surface area contributed by atoms with Crippen molar-refractivity contribution in [2.75, 3.05) is 18.1 Å². The monoisotopic (exact) mass is 315 g/mol. The molecule has 3 heterocycles. The fourth-order valence-corrected chi connectivity index (χ4v) is 2.73. The molecule has 23 heavy (non-hydrogen) atoms. The number of morpholine rings is 1. The van der Waals surface area contributed by atoms with Crippen molar-refractivity contribution in [2.24, 2.45) is 7.05 Å². The second-order valence-electron chi connectivity index (χ2n) is 6.25. The molecule has 1 fully saturated rings. The van der Waals surface area contributed by atoms with Crippen LogP contribution in [0.25, 0.3) is 11.4 Å². The van der Waals surface area contributed by atoms with Crippen LogP contribution in [0, 0.1) is 0 Å². The summed E-state index contributed by atoms with van der Waals surface area (Å²) in [5.74, 6) is 0.634. The first-order valence-corrected chi connectivity index (χ1v) is 7.65. The normalized spacial score (nSPS) is 20.5. The molecule has 0 aliphatic carbocycles. The fraction of sp³-hybridized carbons (Fsp3) is 0.500. The lowest BCUT2D eigenvalue weighted by Gasteiger charge is -2.45. The maximum Gasteiger partial charge on any atom is 0.255 e. The molecule has 0 radical (unpaired) electrons. The van der Waals surface area contributed by atoms with Crippen LogP contribution in [0.4, 0.5) is 5.95 Å². The lowest BCUT2D eigenvalue weighted by atomic mass is 9.97. The van der Waals surface area contributed by atoms with Gasteiger partial charge >= 0.3 is 0 Å². The molecule has 1 atom stereocenters. The van der Waals surface area contributed by atoms with E-state index in [4.69, 9.17) is 4.74 Å². The van der Waals surface area contributed by atoms with Crippen molar-refractivity contribution in [3.05, 3.63) is 35.0 Å². The molecule has 0 aromatic carbocycles. The Balaban J connectivity index is 2.09. The van der Waals surface area contributed by atoms with Gasteiger partial charge in [-0.25, -0.2) is 15.0 Å². The molecule has 7 heteroatoms. The highest BCUT2D eigenvalue weighted by Crippen LogP contribution is 2.28. The van der Waals surface area contributed by atoms with Gasteiger partial charge < -0.3 is 9.64 Å². The number of aromatic nitrogens is 4. The largest absolute Gasteiger partial charge is 0.372 e. The number of hydrogen-bond donors (Lipinski definition) is 0. The summed E-state index contributed by atoms with van der Waals surface area (Å²) in [5.41, 5.74) is 0.780. The molecule has 0 N–H and O–H groups in total. The molecular formula is C16H21N5O2. The van der Waals surface area contributed by atoms with Crippen molar-refractivity contribution in [1.29, 1.82) is 0 Å². The number of ether oxygens (including phenoxy) is 1. The lowest BCUT2D eigenvalue weighted by molar-refractivity contribution is -0.0536. The van der Waals surface area contributed by atoms with Gasteiger partial charge in [-0.2, -0.15) is 0 Å². The van der Waals surface area contributed by atoms with Gasteiger partial charge in [-0.1, -0.05) is 0 Å². The van der Waals surface area contributed by atoms with E-state index in [-0.39, 0.29) is 17.2 Å². The third kappa shape index (κ3) is 2.84. The maximum atomic E-state index is 12.4. The Morgan fingerprint density at radius 2 is 2.13 bits per heavy atom. The van der Waals surface area contributed by atoms with Crippen molar-refractivity contribution in [2.45, 2.75) is 32.4 Å². The second kappa shape index (κ2) is 5.73. The maximum absolute atomic E-state index is 12.4. The van der Waals surface area contributed by atoms with E-state index in [0.717, 1.165) is 0 Å². The van der Waals surface area contributed by atoms with Crippen LogP contribution in [-0.2, 0) is 11.8 Å². The second-order valence-corrected chi connectivity index (χ2v) is 6.25. The number of nitrogens with zero attached hydrogens (tertiary/aromatic N) is 5. The molecule has 0 bridgehead atoms. The lowest BCUT2D eigenvalue weighted by Crippen LogP contribution is -2.56. The Labute approximate surface area is 135 Å². The fourth-order valence-electron chi connectivity index (χ4n) is 2.73. The zero-order chi connectivity index (χ0) is 16.6. The summed E-state index contributed by atoms with van der Waals surface area (Å²) in [6.45, 7) is 7.48. The van der Waals surface area contributed by atoms with Crippen molar-refractivity contribution >= 4 is 5.95 Å². The van der Waals surface area contributed by atoms with E-state index in [2.05, 4.69) is 40.6 Å². The zero-order valence-corrected chi connectivity index (χ0v) is 13.9. The topological polar surface area (TPSA) is 73.1 Å².